The van der Waals surface area contributed by atoms with Crippen LogP contribution in [0.1, 0.15) is 48.0 Å². The van der Waals surface area contributed by atoms with E-state index in [4.69, 9.17) is 9.47 Å². The molecule has 29 heavy (non-hydrogen) atoms. The Morgan fingerprint density at radius 1 is 1.14 bits per heavy atom. The van der Waals surface area contributed by atoms with Gasteiger partial charge in [0.15, 0.2) is 5.16 Å². The fourth-order valence-corrected chi connectivity index (χ4v) is 4.71. The van der Waals surface area contributed by atoms with Gasteiger partial charge in [-0.15, -0.1) is 11.8 Å². The molecule has 0 aliphatic heterocycles. The summed E-state index contributed by atoms with van der Waals surface area (Å²) >= 11 is 2.99. The lowest BCUT2D eigenvalue weighted by molar-refractivity contribution is 0.0596. The van der Waals surface area contributed by atoms with Crippen LogP contribution in [0.4, 0.5) is 5.82 Å². The van der Waals surface area contributed by atoms with Gasteiger partial charge in [-0.2, -0.15) is 0 Å². The van der Waals surface area contributed by atoms with Crippen LogP contribution in [0.15, 0.2) is 34.4 Å². The van der Waals surface area contributed by atoms with E-state index in [9.17, 15) is 4.79 Å². The molecule has 0 amide bonds. The minimum atomic E-state index is -0.409. The number of nitrogens with one attached hydrogen (secondary N) is 1. The number of thioether (sulfide) groups is 2. The maximum atomic E-state index is 12.6. The molecule has 1 heterocycles. The van der Waals surface area contributed by atoms with E-state index in [0.717, 1.165) is 24.2 Å². The molecular formula is C21H27N3O3S2. The third-order valence-corrected chi connectivity index (χ3v) is 6.50. The Labute approximate surface area is 180 Å². The first-order valence-electron chi connectivity index (χ1n) is 9.71. The second-order valence-electron chi connectivity index (χ2n) is 6.85. The molecular weight excluding hydrogens is 406 g/mol. The van der Waals surface area contributed by atoms with E-state index in [1.165, 1.54) is 49.9 Å². The van der Waals surface area contributed by atoms with E-state index in [2.05, 4.69) is 15.3 Å². The molecule has 1 fully saturated rings. The molecule has 0 atom stereocenters. The Balaban J connectivity index is 1.88. The molecule has 0 saturated heterocycles. The van der Waals surface area contributed by atoms with Crippen LogP contribution in [0.3, 0.4) is 0 Å². The average Bonchev–Trinajstić information content (AvgIpc) is 2.77. The minimum Gasteiger partial charge on any atom is -0.497 e. The predicted molar refractivity (Wildman–Crippen MR) is 118 cm³/mol. The van der Waals surface area contributed by atoms with Crippen LogP contribution in [0.5, 0.6) is 5.75 Å². The van der Waals surface area contributed by atoms with Gasteiger partial charge in [-0.3, -0.25) is 0 Å². The SMILES string of the molecule is COC(=O)c1c(NC2CCCCC2)nc(SC)nc1SCc1ccc(OC)cc1. The molecule has 0 radical (unpaired) electrons. The number of rotatable bonds is 8. The van der Waals surface area contributed by atoms with E-state index < -0.39 is 5.97 Å². The van der Waals surface area contributed by atoms with E-state index >= 15 is 0 Å². The Bertz CT molecular complexity index is 825. The molecule has 0 unspecified atom stereocenters. The smallest absolute Gasteiger partial charge is 0.344 e. The minimum absolute atomic E-state index is 0.330. The van der Waals surface area contributed by atoms with Crippen LogP contribution < -0.4 is 10.1 Å². The molecule has 3 rings (SSSR count). The summed E-state index contributed by atoms with van der Waals surface area (Å²) in [5, 5.41) is 4.79. The van der Waals surface area contributed by atoms with Crippen LogP contribution in [-0.2, 0) is 10.5 Å². The number of nitrogens with zero attached hydrogens (tertiary/aromatic N) is 2. The number of hydrogen-bond donors (Lipinski definition) is 1. The summed E-state index contributed by atoms with van der Waals surface area (Å²) in [6, 6.07) is 8.22. The van der Waals surface area contributed by atoms with Crippen molar-refractivity contribution in [2.45, 2.75) is 54.1 Å². The molecule has 8 heteroatoms. The van der Waals surface area contributed by atoms with Crippen molar-refractivity contribution in [3.8, 4) is 5.75 Å². The summed E-state index contributed by atoms with van der Waals surface area (Å²) in [6.07, 6.45) is 7.79. The van der Waals surface area contributed by atoms with Crippen molar-refractivity contribution in [1.82, 2.24) is 9.97 Å². The quantitative estimate of drug-likeness (QED) is 0.269. The molecule has 1 aromatic heterocycles. The summed E-state index contributed by atoms with van der Waals surface area (Å²) in [5.41, 5.74) is 1.55. The molecule has 1 N–H and O–H groups in total. The van der Waals surface area contributed by atoms with Crippen molar-refractivity contribution in [2.75, 3.05) is 25.8 Å². The number of esters is 1. The molecule has 2 aromatic rings. The van der Waals surface area contributed by atoms with Crippen LogP contribution in [0.25, 0.3) is 0 Å². The lowest BCUT2D eigenvalue weighted by atomic mass is 9.95. The van der Waals surface area contributed by atoms with Gasteiger partial charge in [0.05, 0.1) is 14.2 Å². The van der Waals surface area contributed by atoms with E-state index in [-0.39, 0.29) is 0 Å². The van der Waals surface area contributed by atoms with Crippen molar-refractivity contribution in [1.29, 1.82) is 0 Å². The Morgan fingerprint density at radius 3 is 2.48 bits per heavy atom. The molecule has 0 bridgehead atoms. The van der Waals surface area contributed by atoms with Crippen molar-refractivity contribution in [2.24, 2.45) is 0 Å². The topological polar surface area (TPSA) is 73.3 Å². The van der Waals surface area contributed by atoms with Gasteiger partial charge >= 0.3 is 5.97 Å². The molecule has 1 aliphatic rings. The van der Waals surface area contributed by atoms with E-state index in [0.29, 0.717) is 33.4 Å². The van der Waals surface area contributed by atoms with Crippen LogP contribution in [-0.4, -0.2) is 42.5 Å². The van der Waals surface area contributed by atoms with Gasteiger partial charge in [-0.1, -0.05) is 43.2 Å². The number of aromatic nitrogens is 2. The van der Waals surface area contributed by atoms with Crippen molar-refractivity contribution in [3.63, 3.8) is 0 Å². The summed E-state index contributed by atoms with van der Waals surface area (Å²) in [4.78, 5) is 21.8. The molecule has 0 spiro atoms. The van der Waals surface area contributed by atoms with E-state index in [1.54, 1.807) is 7.11 Å². The first kappa shape index (κ1) is 21.8. The lowest BCUT2D eigenvalue weighted by Crippen LogP contribution is -2.25. The Hall–Kier alpha value is -1.93. The highest BCUT2D eigenvalue weighted by molar-refractivity contribution is 7.99. The van der Waals surface area contributed by atoms with Gasteiger partial charge in [-0.05, 0) is 36.8 Å². The number of anilines is 1. The number of hydrogen-bond acceptors (Lipinski definition) is 8. The zero-order chi connectivity index (χ0) is 20.6. The highest BCUT2D eigenvalue weighted by Crippen LogP contribution is 2.33. The maximum absolute atomic E-state index is 12.6. The van der Waals surface area contributed by atoms with Gasteiger partial charge in [0.1, 0.15) is 22.2 Å². The van der Waals surface area contributed by atoms with Gasteiger partial charge < -0.3 is 14.8 Å². The highest BCUT2D eigenvalue weighted by Gasteiger charge is 2.24. The summed E-state index contributed by atoms with van der Waals surface area (Å²) in [7, 11) is 3.05. The highest BCUT2D eigenvalue weighted by atomic mass is 32.2. The first-order chi connectivity index (χ1) is 14.1. The molecule has 1 aromatic carbocycles. The molecule has 156 valence electrons. The predicted octanol–water partition coefficient (Wildman–Crippen LogP) is 5.03. The van der Waals surface area contributed by atoms with Gasteiger partial charge in [-0.25, -0.2) is 14.8 Å². The number of ether oxygens (including phenoxy) is 2. The van der Waals surface area contributed by atoms with Crippen molar-refractivity contribution < 1.29 is 14.3 Å². The zero-order valence-electron chi connectivity index (χ0n) is 17.1. The number of carbonyl (C=O) groups excluding carboxylic acids is 1. The molecule has 6 nitrogen and oxygen atoms in total. The van der Waals surface area contributed by atoms with E-state index in [1.807, 2.05) is 30.5 Å². The zero-order valence-corrected chi connectivity index (χ0v) is 18.7. The standard InChI is InChI=1S/C21H27N3O3S2/c1-26-16-11-9-14(10-12-16)13-29-19-17(20(25)27-2)18(23-21(24-19)28-3)22-15-7-5-4-6-8-15/h9-12,15H,4-8,13H2,1-3H3,(H,22,23,24). The summed E-state index contributed by atoms with van der Waals surface area (Å²) in [6.45, 7) is 0. The second-order valence-corrected chi connectivity index (χ2v) is 8.58. The average molecular weight is 434 g/mol. The van der Waals surface area contributed by atoms with Crippen molar-refractivity contribution in [3.05, 3.63) is 35.4 Å². The summed E-state index contributed by atoms with van der Waals surface area (Å²) in [5.74, 6) is 1.68. The monoisotopic (exact) mass is 433 g/mol. The fraction of sp³-hybridized carbons (Fsp3) is 0.476. The third kappa shape index (κ3) is 5.79. The molecule has 1 aliphatic carbocycles. The number of methoxy groups -OCH3 is 2. The molecule has 1 saturated carbocycles. The Morgan fingerprint density at radius 2 is 1.86 bits per heavy atom. The lowest BCUT2D eigenvalue weighted by Gasteiger charge is -2.24. The van der Waals surface area contributed by atoms with Crippen LogP contribution in [0, 0.1) is 0 Å². The maximum Gasteiger partial charge on any atom is 0.344 e. The third-order valence-electron chi connectivity index (χ3n) is 4.91. The summed E-state index contributed by atoms with van der Waals surface area (Å²) < 4.78 is 10.3. The Kier molecular flexibility index (Phi) is 8.06. The fourth-order valence-electron chi connectivity index (χ4n) is 3.32. The second kappa shape index (κ2) is 10.7. The first-order valence-corrected chi connectivity index (χ1v) is 11.9. The van der Waals surface area contributed by atoms with Gasteiger partial charge in [0, 0.05) is 11.8 Å². The number of benzene rings is 1. The normalized spacial score (nSPS) is 14.4. The van der Waals surface area contributed by atoms with Crippen molar-refractivity contribution >= 4 is 35.3 Å². The van der Waals surface area contributed by atoms with Crippen LogP contribution in [0.2, 0.25) is 0 Å². The number of carbonyl (C=O) groups is 1. The van der Waals surface area contributed by atoms with Gasteiger partial charge in [0.2, 0.25) is 0 Å². The largest absolute Gasteiger partial charge is 0.497 e. The van der Waals surface area contributed by atoms with Crippen LogP contribution >= 0.6 is 23.5 Å². The van der Waals surface area contributed by atoms with Gasteiger partial charge in [0.25, 0.3) is 0 Å².